The molecule has 2 aliphatic heterocycles. The molecule has 0 aromatic rings. The van der Waals surface area contributed by atoms with Crippen molar-refractivity contribution in [2.45, 2.75) is 51.4 Å². The summed E-state index contributed by atoms with van der Waals surface area (Å²) in [6.45, 7) is 6.96. The topological polar surface area (TPSA) is 42.0 Å². The van der Waals surface area contributed by atoms with E-state index in [2.05, 4.69) is 0 Å². The van der Waals surface area contributed by atoms with Crippen LogP contribution < -0.4 is 0 Å². The van der Waals surface area contributed by atoms with Crippen molar-refractivity contribution >= 4 is 18.3 Å². The van der Waals surface area contributed by atoms with Gasteiger partial charge in [-0.2, -0.15) is 13.2 Å². The van der Waals surface area contributed by atoms with Gasteiger partial charge in [-0.25, -0.2) is 9.10 Å². The van der Waals surface area contributed by atoms with Gasteiger partial charge in [0.15, 0.2) is 0 Å². The highest BCUT2D eigenvalue weighted by atomic mass is 32.2. The molecule has 2 heterocycles. The molecule has 2 saturated heterocycles. The number of halogens is 3. The number of hydrogen-bond acceptors (Lipinski definition) is 5. The van der Waals surface area contributed by atoms with E-state index in [1.165, 1.54) is 4.31 Å². The molecule has 2 aliphatic rings. The van der Waals surface area contributed by atoms with Crippen molar-refractivity contribution in [3.8, 4) is 0 Å². The molecule has 0 aliphatic carbocycles. The molecule has 0 radical (unpaired) electrons. The SMILES string of the molecule is CC(C)(C)OC(=O)N1SOC[C@@H]1CN1CCC(C(F)(F)F)CC1. The number of rotatable bonds is 2. The van der Waals surface area contributed by atoms with E-state index in [-0.39, 0.29) is 18.9 Å². The molecule has 0 spiro atoms. The van der Waals surface area contributed by atoms with Gasteiger partial charge in [0.1, 0.15) is 17.8 Å². The Labute approximate surface area is 138 Å². The van der Waals surface area contributed by atoms with Crippen molar-refractivity contribution in [2.24, 2.45) is 5.92 Å². The highest BCUT2D eigenvalue weighted by Crippen LogP contribution is 2.35. The van der Waals surface area contributed by atoms with Crippen LogP contribution in [0.1, 0.15) is 33.6 Å². The Kier molecular flexibility index (Phi) is 5.73. The lowest BCUT2D eigenvalue weighted by Crippen LogP contribution is -2.47. The molecule has 0 aromatic carbocycles. The first-order valence-corrected chi connectivity index (χ1v) is 8.37. The first-order chi connectivity index (χ1) is 10.6. The fraction of sp³-hybridized carbons (Fsp3) is 0.929. The molecule has 0 bridgehead atoms. The van der Waals surface area contributed by atoms with E-state index in [4.69, 9.17) is 8.92 Å². The van der Waals surface area contributed by atoms with E-state index < -0.39 is 23.8 Å². The Morgan fingerprint density at radius 2 is 1.87 bits per heavy atom. The molecule has 9 heteroatoms. The summed E-state index contributed by atoms with van der Waals surface area (Å²) in [5, 5.41) is 0. The van der Waals surface area contributed by atoms with Crippen LogP contribution in [0.5, 0.6) is 0 Å². The zero-order valence-electron chi connectivity index (χ0n) is 13.6. The van der Waals surface area contributed by atoms with Crippen LogP contribution in [0.15, 0.2) is 0 Å². The number of carbonyl (C=O) groups excluding carboxylic acids is 1. The van der Waals surface area contributed by atoms with E-state index in [1.807, 2.05) is 4.90 Å². The Morgan fingerprint density at radius 3 is 2.39 bits per heavy atom. The molecule has 2 fully saturated rings. The van der Waals surface area contributed by atoms with Gasteiger partial charge in [0.2, 0.25) is 0 Å². The summed E-state index contributed by atoms with van der Waals surface area (Å²) in [6.07, 6.45) is -4.37. The summed E-state index contributed by atoms with van der Waals surface area (Å²) < 4.78 is 50.1. The highest BCUT2D eigenvalue weighted by molar-refractivity contribution is 7.93. The summed E-state index contributed by atoms with van der Waals surface area (Å²) in [5.41, 5.74) is -0.601. The molecule has 2 rings (SSSR count). The van der Waals surface area contributed by atoms with Crippen LogP contribution in [0.3, 0.4) is 0 Å². The first-order valence-electron chi connectivity index (χ1n) is 7.67. The summed E-state index contributed by atoms with van der Waals surface area (Å²) in [4.78, 5) is 14.1. The average Bonchev–Trinajstić information content (AvgIpc) is 2.84. The molecular weight excluding hydrogens is 333 g/mol. The molecule has 0 saturated carbocycles. The fourth-order valence-electron chi connectivity index (χ4n) is 2.65. The number of amides is 1. The van der Waals surface area contributed by atoms with Crippen LogP contribution in [0, 0.1) is 5.92 Å². The maximum atomic E-state index is 12.7. The largest absolute Gasteiger partial charge is 0.443 e. The number of carbonyl (C=O) groups is 1. The Balaban J connectivity index is 1.84. The normalized spacial score (nSPS) is 25.0. The van der Waals surface area contributed by atoms with Crippen molar-refractivity contribution < 1.29 is 26.9 Å². The van der Waals surface area contributed by atoms with Crippen molar-refractivity contribution in [3.05, 3.63) is 0 Å². The van der Waals surface area contributed by atoms with Crippen LogP contribution >= 0.6 is 12.2 Å². The molecule has 1 atom stereocenters. The molecular formula is C14H23F3N2O3S. The van der Waals surface area contributed by atoms with Gasteiger partial charge in [0.25, 0.3) is 0 Å². The monoisotopic (exact) mass is 356 g/mol. The van der Waals surface area contributed by atoms with E-state index >= 15 is 0 Å². The van der Waals surface area contributed by atoms with Gasteiger partial charge in [-0.05, 0) is 46.7 Å². The van der Waals surface area contributed by atoms with Crippen molar-refractivity contribution in [3.63, 3.8) is 0 Å². The van der Waals surface area contributed by atoms with Gasteiger partial charge in [0, 0.05) is 6.54 Å². The van der Waals surface area contributed by atoms with Gasteiger partial charge in [-0.15, -0.1) is 0 Å². The fourth-order valence-corrected chi connectivity index (χ4v) is 3.33. The standard InChI is InChI=1S/C14H23F3N2O3S/c1-13(2,3)22-12(20)19-11(9-21-23-19)8-18-6-4-10(5-7-18)14(15,16)17/h10-11H,4-9H2,1-3H3/t11-/m0/s1. The second-order valence-electron chi connectivity index (χ2n) is 6.94. The second kappa shape index (κ2) is 7.06. The number of piperidine rings is 1. The quantitative estimate of drug-likeness (QED) is 0.560. The first kappa shape index (κ1) is 18.7. The predicted octanol–water partition coefficient (Wildman–Crippen LogP) is 3.46. The smallest absolute Gasteiger partial charge is 0.422 e. The molecule has 5 nitrogen and oxygen atoms in total. The third-order valence-corrected chi connectivity index (χ3v) is 4.67. The third-order valence-electron chi connectivity index (χ3n) is 3.82. The Bertz CT molecular complexity index is 420. The number of likely N-dealkylation sites (tertiary alicyclic amines) is 1. The van der Waals surface area contributed by atoms with Crippen molar-refractivity contribution in [1.82, 2.24) is 9.21 Å². The van der Waals surface area contributed by atoms with Gasteiger partial charge in [-0.3, -0.25) is 4.18 Å². The van der Waals surface area contributed by atoms with Crippen LogP contribution in [0.2, 0.25) is 0 Å². The van der Waals surface area contributed by atoms with E-state index in [1.54, 1.807) is 20.8 Å². The Morgan fingerprint density at radius 1 is 1.26 bits per heavy atom. The number of hydrogen-bond donors (Lipinski definition) is 0. The lowest BCUT2D eigenvalue weighted by atomic mass is 9.96. The van der Waals surface area contributed by atoms with Crippen LogP contribution in [0.4, 0.5) is 18.0 Å². The van der Waals surface area contributed by atoms with Gasteiger partial charge >= 0.3 is 12.3 Å². The summed E-state index contributed by atoms with van der Waals surface area (Å²) in [5.74, 6) is -1.21. The number of alkyl halides is 3. The number of nitrogens with zero attached hydrogens (tertiary/aromatic N) is 2. The second-order valence-corrected chi connectivity index (χ2v) is 7.71. The lowest BCUT2D eigenvalue weighted by Gasteiger charge is -2.35. The molecule has 0 unspecified atom stereocenters. The molecule has 0 aromatic heterocycles. The summed E-state index contributed by atoms with van der Waals surface area (Å²) in [6, 6.07) is -0.211. The summed E-state index contributed by atoms with van der Waals surface area (Å²) in [7, 11) is 0. The maximum absolute atomic E-state index is 12.7. The van der Waals surface area contributed by atoms with Crippen LogP contribution in [-0.4, -0.2) is 59.4 Å². The minimum Gasteiger partial charge on any atom is -0.443 e. The number of ether oxygens (including phenoxy) is 1. The minimum atomic E-state index is -4.11. The minimum absolute atomic E-state index is 0.108. The molecule has 134 valence electrons. The van der Waals surface area contributed by atoms with Crippen molar-refractivity contribution in [2.75, 3.05) is 26.2 Å². The van der Waals surface area contributed by atoms with Crippen LogP contribution in [0.25, 0.3) is 0 Å². The zero-order valence-corrected chi connectivity index (χ0v) is 14.4. The van der Waals surface area contributed by atoms with Crippen molar-refractivity contribution in [1.29, 1.82) is 0 Å². The van der Waals surface area contributed by atoms with E-state index in [0.717, 1.165) is 12.2 Å². The van der Waals surface area contributed by atoms with Gasteiger partial charge in [-0.1, -0.05) is 0 Å². The molecule has 23 heavy (non-hydrogen) atoms. The van der Waals surface area contributed by atoms with Crippen LogP contribution in [-0.2, 0) is 8.92 Å². The lowest BCUT2D eigenvalue weighted by molar-refractivity contribution is -0.185. The Hall–Kier alpha value is -0.670. The highest BCUT2D eigenvalue weighted by Gasteiger charge is 2.42. The summed E-state index contributed by atoms with van der Waals surface area (Å²) >= 11 is 0.945. The predicted molar refractivity (Wildman–Crippen MR) is 80.6 cm³/mol. The van der Waals surface area contributed by atoms with E-state index in [0.29, 0.717) is 26.2 Å². The van der Waals surface area contributed by atoms with Gasteiger partial charge < -0.3 is 9.64 Å². The van der Waals surface area contributed by atoms with E-state index in [9.17, 15) is 18.0 Å². The van der Waals surface area contributed by atoms with Gasteiger partial charge in [0.05, 0.1) is 18.6 Å². The zero-order chi connectivity index (χ0) is 17.3. The molecule has 1 amide bonds. The average molecular weight is 356 g/mol. The third kappa shape index (κ3) is 5.42. The maximum Gasteiger partial charge on any atom is 0.422 e. The molecule has 0 N–H and O–H groups in total.